The third kappa shape index (κ3) is 4.07. The lowest BCUT2D eigenvalue weighted by Gasteiger charge is -2.38. The molecule has 4 N–H and O–H groups in total. The number of pyridine rings is 1. The Hall–Kier alpha value is -3.13. The number of hydrogen-bond acceptors (Lipinski definition) is 5. The number of carbonyl (C=O) groups excluding carboxylic acids is 1. The molecule has 164 valence electrons. The highest BCUT2D eigenvalue weighted by atomic mass is 19.1. The zero-order chi connectivity index (χ0) is 22.1. The van der Waals surface area contributed by atoms with Crippen LogP contribution in [-0.2, 0) is 7.05 Å². The minimum Gasteiger partial charge on any atom is -0.365 e. The summed E-state index contributed by atoms with van der Waals surface area (Å²) >= 11 is 0. The summed E-state index contributed by atoms with van der Waals surface area (Å²) in [5, 5.41) is 7.57. The van der Waals surface area contributed by atoms with Gasteiger partial charge >= 0.3 is 0 Å². The van der Waals surface area contributed by atoms with Crippen LogP contribution in [0, 0.1) is 5.82 Å². The number of hydrogen-bond donors (Lipinski definition) is 3. The summed E-state index contributed by atoms with van der Waals surface area (Å²) in [5.74, 6) is -0.821. The topological polar surface area (TPSA) is 88.2 Å². The van der Waals surface area contributed by atoms with Gasteiger partial charge < -0.3 is 25.8 Å². The first-order chi connectivity index (χ1) is 14.9. The van der Waals surface area contributed by atoms with Gasteiger partial charge in [-0.1, -0.05) is 12.8 Å². The molecule has 1 aromatic carbocycles. The van der Waals surface area contributed by atoms with Crippen LogP contribution < -0.4 is 21.3 Å². The Morgan fingerprint density at radius 3 is 2.77 bits per heavy atom. The number of benzene rings is 1. The van der Waals surface area contributed by atoms with E-state index in [1.165, 1.54) is 6.07 Å². The third-order valence-electron chi connectivity index (χ3n) is 6.30. The van der Waals surface area contributed by atoms with Crippen LogP contribution in [0.1, 0.15) is 36.0 Å². The standard InChI is InChI=1S/C23H29FN6O/c1-26-18-6-4-5-7-20(18)30(3)23-17(24)13-16(21(25)31)22(28-23)27-15-8-9-19-14(12-15)10-11-29(19)2/h8-13,18,20,26H,4-7H2,1-3H3,(H2,25,31)(H,27,28). The predicted molar refractivity (Wildman–Crippen MR) is 122 cm³/mol. The largest absolute Gasteiger partial charge is 0.365 e. The van der Waals surface area contributed by atoms with Gasteiger partial charge in [0.2, 0.25) is 0 Å². The molecule has 0 radical (unpaired) electrons. The normalized spacial score (nSPS) is 18.8. The van der Waals surface area contributed by atoms with Crippen molar-refractivity contribution in [1.82, 2.24) is 14.9 Å². The maximum atomic E-state index is 15.0. The van der Waals surface area contributed by atoms with E-state index < -0.39 is 11.7 Å². The smallest absolute Gasteiger partial charge is 0.252 e. The molecule has 1 aliphatic carbocycles. The Morgan fingerprint density at radius 2 is 2.03 bits per heavy atom. The molecule has 0 spiro atoms. The Balaban J connectivity index is 1.71. The third-order valence-corrected chi connectivity index (χ3v) is 6.30. The molecule has 1 fully saturated rings. The number of nitrogens with two attached hydrogens (primary N) is 1. The first-order valence-electron chi connectivity index (χ1n) is 10.6. The lowest BCUT2D eigenvalue weighted by molar-refractivity contribution is 0.100. The Morgan fingerprint density at radius 1 is 1.26 bits per heavy atom. The molecule has 1 amide bonds. The molecule has 0 aliphatic heterocycles. The van der Waals surface area contributed by atoms with E-state index >= 15 is 4.39 Å². The number of anilines is 3. The second-order valence-electron chi connectivity index (χ2n) is 8.24. The lowest BCUT2D eigenvalue weighted by Crippen LogP contribution is -2.50. The number of amides is 1. The van der Waals surface area contributed by atoms with Crippen molar-refractivity contribution in [1.29, 1.82) is 0 Å². The van der Waals surface area contributed by atoms with Gasteiger partial charge in [-0.3, -0.25) is 4.79 Å². The van der Waals surface area contributed by atoms with Gasteiger partial charge in [0.15, 0.2) is 11.6 Å². The van der Waals surface area contributed by atoms with E-state index in [2.05, 4.69) is 15.6 Å². The van der Waals surface area contributed by atoms with Crippen molar-refractivity contribution in [2.75, 3.05) is 24.3 Å². The number of carbonyl (C=O) groups is 1. The van der Waals surface area contributed by atoms with E-state index in [1.807, 2.05) is 61.1 Å². The fourth-order valence-corrected chi connectivity index (χ4v) is 4.57. The van der Waals surface area contributed by atoms with Crippen LogP contribution in [0.3, 0.4) is 0 Å². The molecule has 1 aliphatic rings. The monoisotopic (exact) mass is 424 g/mol. The highest BCUT2D eigenvalue weighted by molar-refractivity contribution is 5.99. The van der Waals surface area contributed by atoms with E-state index in [1.54, 1.807) is 0 Å². The molecule has 2 aromatic heterocycles. The van der Waals surface area contributed by atoms with Gasteiger partial charge in [-0.15, -0.1) is 0 Å². The molecule has 4 rings (SSSR count). The van der Waals surface area contributed by atoms with Crippen molar-refractivity contribution < 1.29 is 9.18 Å². The summed E-state index contributed by atoms with van der Waals surface area (Å²) in [4.78, 5) is 18.4. The first kappa shape index (κ1) is 21.1. The molecular formula is C23H29FN6O. The summed E-state index contributed by atoms with van der Waals surface area (Å²) < 4.78 is 17.0. The van der Waals surface area contributed by atoms with Gasteiger partial charge in [0.25, 0.3) is 5.91 Å². The van der Waals surface area contributed by atoms with E-state index in [4.69, 9.17) is 5.73 Å². The summed E-state index contributed by atoms with van der Waals surface area (Å²) in [6.07, 6.45) is 6.22. The maximum absolute atomic E-state index is 15.0. The molecule has 7 nitrogen and oxygen atoms in total. The van der Waals surface area contributed by atoms with E-state index in [0.717, 1.165) is 42.3 Å². The molecule has 3 aromatic rings. The van der Waals surface area contributed by atoms with Crippen molar-refractivity contribution in [3.63, 3.8) is 0 Å². The SMILES string of the molecule is CNC1CCCCC1N(C)c1nc(Nc2ccc3c(ccn3C)c2)c(C(N)=O)cc1F. The fourth-order valence-electron chi connectivity index (χ4n) is 4.57. The van der Waals surface area contributed by atoms with E-state index in [9.17, 15) is 4.79 Å². The number of likely N-dealkylation sites (N-methyl/N-ethyl adjacent to an activating group) is 2. The first-order valence-corrected chi connectivity index (χ1v) is 10.6. The Labute approximate surface area is 181 Å². The molecule has 8 heteroatoms. The quantitative estimate of drug-likeness (QED) is 0.564. The number of primary amides is 1. The molecule has 2 unspecified atom stereocenters. The van der Waals surface area contributed by atoms with Crippen LogP contribution in [0.25, 0.3) is 10.9 Å². The van der Waals surface area contributed by atoms with Crippen molar-refractivity contribution >= 4 is 34.1 Å². The minimum atomic E-state index is -0.727. The second-order valence-corrected chi connectivity index (χ2v) is 8.24. The molecule has 2 heterocycles. The van der Waals surface area contributed by atoms with Crippen LogP contribution in [0.4, 0.5) is 21.7 Å². The predicted octanol–water partition coefficient (Wildman–Crippen LogP) is 3.52. The summed E-state index contributed by atoms with van der Waals surface area (Å²) in [6, 6.07) is 9.42. The van der Waals surface area contributed by atoms with Gasteiger partial charge in [-0.25, -0.2) is 9.37 Å². The van der Waals surface area contributed by atoms with E-state index in [-0.39, 0.29) is 29.3 Å². The van der Waals surface area contributed by atoms with Crippen LogP contribution in [0.2, 0.25) is 0 Å². The zero-order valence-electron chi connectivity index (χ0n) is 18.2. The van der Waals surface area contributed by atoms with Gasteiger partial charge in [-0.2, -0.15) is 0 Å². The van der Waals surface area contributed by atoms with Crippen molar-refractivity contribution in [3.8, 4) is 0 Å². The minimum absolute atomic E-state index is 0.0246. The van der Waals surface area contributed by atoms with Crippen molar-refractivity contribution in [2.45, 2.75) is 37.8 Å². The Bertz CT molecular complexity index is 1110. The zero-order valence-corrected chi connectivity index (χ0v) is 18.2. The molecule has 0 bridgehead atoms. The maximum Gasteiger partial charge on any atom is 0.252 e. The molecular weight excluding hydrogens is 395 g/mol. The van der Waals surface area contributed by atoms with Crippen LogP contribution >= 0.6 is 0 Å². The number of aromatic nitrogens is 2. The van der Waals surface area contributed by atoms with Gasteiger partial charge in [-0.05, 0) is 50.2 Å². The highest BCUT2D eigenvalue weighted by Crippen LogP contribution is 2.31. The summed E-state index contributed by atoms with van der Waals surface area (Å²) in [6.45, 7) is 0. The van der Waals surface area contributed by atoms with Crippen LogP contribution in [0.15, 0.2) is 36.5 Å². The fraction of sp³-hybridized carbons (Fsp3) is 0.391. The van der Waals surface area contributed by atoms with Crippen molar-refractivity contribution in [2.24, 2.45) is 12.8 Å². The molecule has 31 heavy (non-hydrogen) atoms. The molecule has 0 saturated heterocycles. The van der Waals surface area contributed by atoms with Crippen LogP contribution in [0.5, 0.6) is 0 Å². The molecule has 2 atom stereocenters. The Kier molecular flexibility index (Phi) is 5.82. The lowest BCUT2D eigenvalue weighted by atomic mass is 9.89. The summed E-state index contributed by atoms with van der Waals surface area (Å²) in [5.41, 5.74) is 7.39. The number of halogens is 1. The number of fused-ring (bicyclic) bond motifs is 1. The van der Waals surface area contributed by atoms with Gasteiger partial charge in [0.1, 0.15) is 5.82 Å². The number of aryl methyl sites for hydroxylation is 1. The number of rotatable bonds is 6. The highest BCUT2D eigenvalue weighted by Gasteiger charge is 2.30. The van der Waals surface area contributed by atoms with Gasteiger partial charge in [0.05, 0.1) is 5.56 Å². The second kappa shape index (κ2) is 8.55. The average molecular weight is 425 g/mol. The van der Waals surface area contributed by atoms with Crippen LogP contribution in [-0.4, -0.2) is 41.6 Å². The van der Waals surface area contributed by atoms with E-state index in [0.29, 0.717) is 0 Å². The number of nitrogens with one attached hydrogen (secondary N) is 2. The molecule has 1 saturated carbocycles. The van der Waals surface area contributed by atoms with Crippen molar-refractivity contribution in [3.05, 3.63) is 47.9 Å². The number of nitrogens with zero attached hydrogens (tertiary/aromatic N) is 3. The average Bonchev–Trinajstić information content (AvgIpc) is 3.14. The van der Waals surface area contributed by atoms with Gasteiger partial charge in [0, 0.05) is 49.0 Å². The summed E-state index contributed by atoms with van der Waals surface area (Å²) in [7, 11) is 5.77.